The third-order valence-electron chi connectivity index (χ3n) is 5.03. The predicted molar refractivity (Wildman–Crippen MR) is 113 cm³/mol. The lowest BCUT2D eigenvalue weighted by Gasteiger charge is -2.34. The maximum atomic E-state index is 15.7. The predicted octanol–water partition coefficient (Wildman–Crippen LogP) is 0.504. The molecule has 6 atom stereocenters. The zero-order valence-electron chi connectivity index (χ0n) is 18.5. The van der Waals surface area contributed by atoms with E-state index in [1.807, 2.05) is 4.98 Å². The Morgan fingerprint density at radius 3 is 2.38 bits per heavy atom. The van der Waals surface area contributed by atoms with Crippen LogP contribution >= 0.6 is 23.5 Å². The van der Waals surface area contributed by atoms with Crippen LogP contribution in [0.3, 0.4) is 0 Å². The Hall–Kier alpha value is -1.66. The van der Waals surface area contributed by atoms with E-state index in [-0.39, 0.29) is 0 Å². The van der Waals surface area contributed by atoms with Gasteiger partial charge in [0.1, 0.15) is 29.9 Å². The second-order valence-electron chi connectivity index (χ2n) is 8.23. The summed E-state index contributed by atoms with van der Waals surface area (Å²) in [5, 5.41) is 9.84. The van der Waals surface area contributed by atoms with Gasteiger partial charge in [-0.2, -0.15) is 13.6 Å². The highest BCUT2D eigenvalue weighted by Gasteiger charge is 2.63. The van der Waals surface area contributed by atoms with Crippen molar-refractivity contribution >= 4 is 40.4 Å². The number of fused-ring (bicyclic) bond motifs is 1. The van der Waals surface area contributed by atoms with Gasteiger partial charge in [0.05, 0.1) is 0 Å². The number of aromatic nitrogens is 3. The van der Waals surface area contributed by atoms with Crippen LogP contribution in [0.1, 0.15) is 20.1 Å². The topological polar surface area (TPSA) is 266 Å². The normalized spacial score (nSPS) is 28.3. The lowest BCUT2D eigenvalue weighted by atomic mass is 9.89. The molecule has 2 aromatic heterocycles. The van der Waals surface area contributed by atoms with Crippen molar-refractivity contribution in [3.63, 3.8) is 0 Å². The molecular formula is C14H20F3N4O13P3. The quantitative estimate of drug-likeness (QED) is 0.193. The number of nitrogens with zero attached hydrogens (tertiary/aromatic N) is 2. The highest BCUT2D eigenvalue weighted by atomic mass is 31.3. The van der Waals surface area contributed by atoms with Crippen LogP contribution in [0.2, 0.25) is 0 Å². The van der Waals surface area contributed by atoms with Crippen LogP contribution in [-0.2, 0) is 31.6 Å². The molecule has 37 heavy (non-hydrogen) atoms. The van der Waals surface area contributed by atoms with Crippen molar-refractivity contribution in [1.82, 2.24) is 14.5 Å². The van der Waals surface area contributed by atoms with Crippen LogP contribution < -0.4 is 11.3 Å². The fourth-order valence-corrected chi connectivity index (χ4v) is 7.00. The van der Waals surface area contributed by atoms with Crippen LogP contribution in [0.15, 0.2) is 11.0 Å². The first-order valence-corrected chi connectivity index (χ1v) is 14.1. The van der Waals surface area contributed by atoms with E-state index in [1.165, 1.54) is 0 Å². The van der Waals surface area contributed by atoms with Crippen LogP contribution in [0, 0.1) is 5.82 Å². The molecule has 1 saturated heterocycles. The highest BCUT2D eigenvalue weighted by molar-refractivity contribution is 7.66. The van der Waals surface area contributed by atoms with Crippen LogP contribution in [0.25, 0.3) is 11.0 Å². The van der Waals surface area contributed by atoms with E-state index in [9.17, 15) is 42.2 Å². The lowest BCUT2D eigenvalue weighted by Crippen LogP contribution is -2.50. The summed E-state index contributed by atoms with van der Waals surface area (Å²) >= 11 is 0. The zero-order chi connectivity index (χ0) is 28.4. The minimum absolute atomic E-state index is 0.505. The lowest BCUT2D eigenvalue weighted by molar-refractivity contribution is -0.118. The Kier molecular flexibility index (Phi) is 7.69. The number of phosphoric acid groups is 3. The van der Waals surface area contributed by atoms with Crippen molar-refractivity contribution in [1.29, 1.82) is 0 Å². The molecule has 0 aliphatic carbocycles. The molecular weight excluding hydrogens is 582 g/mol. The second-order valence-corrected chi connectivity index (χ2v) is 12.6. The van der Waals surface area contributed by atoms with E-state index in [1.54, 1.807) is 0 Å². The maximum absolute atomic E-state index is 15.7. The van der Waals surface area contributed by atoms with Crippen molar-refractivity contribution in [2.24, 2.45) is 0 Å². The van der Waals surface area contributed by atoms with Gasteiger partial charge in [-0.25, -0.2) is 26.9 Å². The monoisotopic (exact) mass is 602 g/mol. The number of hydrogen-bond donors (Lipinski definition) is 7. The van der Waals surface area contributed by atoms with Gasteiger partial charge >= 0.3 is 23.5 Å². The molecule has 0 spiro atoms. The van der Waals surface area contributed by atoms with Gasteiger partial charge in [0, 0.05) is 6.20 Å². The average Bonchev–Trinajstić information content (AvgIpc) is 3.12. The second kappa shape index (κ2) is 9.51. The summed E-state index contributed by atoms with van der Waals surface area (Å²) in [5.74, 6) is -1.79. The smallest absolute Gasteiger partial charge is 0.387 e. The van der Waals surface area contributed by atoms with Gasteiger partial charge in [0.25, 0.3) is 5.56 Å². The van der Waals surface area contributed by atoms with Gasteiger partial charge in [0.15, 0.2) is 17.7 Å². The highest BCUT2D eigenvalue weighted by Crippen LogP contribution is 2.67. The Labute approximate surface area is 203 Å². The number of hydrogen-bond acceptors (Lipinski definition) is 11. The standard InChI is InChI=1S/C14H20F3N4O13P3/c1-13(2,32-36(27,28)34-37(29,30)33-35(24,25)26)8-7(22)14(17,4-15)11(31-8)21-3-5(16)6-9(21)19-12(18)20-10(6)23/h3,7-8,11,22H,4H2,1-2H3,(H,27,28)(H,29,30)(H2,24,25,26)(H3,18,19,20,23)/t7-,8-,11+,14?/m0/s1. The van der Waals surface area contributed by atoms with Crippen molar-refractivity contribution in [3.8, 4) is 0 Å². The summed E-state index contributed by atoms with van der Waals surface area (Å²) in [6, 6.07) is 0. The molecule has 0 aromatic carbocycles. The van der Waals surface area contributed by atoms with Crippen molar-refractivity contribution < 1.29 is 69.4 Å². The molecule has 0 saturated carbocycles. The summed E-state index contributed by atoms with van der Waals surface area (Å²) in [6.07, 6.45) is -6.42. The minimum Gasteiger partial charge on any atom is -0.387 e. The van der Waals surface area contributed by atoms with Gasteiger partial charge < -0.3 is 35.2 Å². The summed E-state index contributed by atoms with van der Waals surface area (Å²) < 4.78 is 96.4. The van der Waals surface area contributed by atoms with E-state index in [0.717, 1.165) is 13.8 Å². The molecule has 8 N–H and O–H groups in total. The van der Waals surface area contributed by atoms with Gasteiger partial charge in [-0.1, -0.05) is 0 Å². The minimum atomic E-state index is -5.93. The number of nitrogens with two attached hydrogens (primary N) is 1. The van der Waals surface area contributed by atoms with Crippen molar-refractivity contribution in [2.45, 2.75) is 43.6 Å². The Morgan fingerprint density at radius 2 is 1.84 bits per heavy atom. The number of nitrogen functional groups attached to an aromatic ring is 1. The van der Waals surface area contributed by atoms with E-state index < -0.39 is 88.2 Å². The average molecular weight is 602 g/mol. The third-order valence-corrected chi connectivity index (χ3v) is 9.06. The van der Waals surface area contributed by atoms with Crippen molar-refractivity contribution in [3.05, 3.63) is 22.4 Å². The fourth-order valence-electron chi connectivity index (χ4n) is 3.66. The molecule has 3 unspecified atom stereocenters. The van der Waals surface area contributed by atoms with Crippen LogP contribution in [-0.4, -0.2) is 69.4 Å². The molecule has 210 valence electrons. The molecule has 23 heteroatoms. The number of halogens is 3. The molecule has 0 amide bonds. The molecule has 0 bridgehead atoms. The Bertz CT molecular complexity index is 1410. The van der Waals surface area contributed by atoms with E-state index in [2.05, 4.69) is 18.1 Å². The van der Waals surface area contributed by atoms with E-state index in [4.69, 9.17) is 20.3 Å². The maximum Gasteiger partial charge on any atom is 0.490 e. The van der Waals surface area contributed by atoms with Gasteiger partial charge in [-0.3, -0.25) is 18.9 Å². The number of aliphatic hydroxyl groups excluding tert-OH is 1. The Morgan fingerprint density at radius 1 is 1.24 bits per heavy atom. The van der Waals surface area contributed by atoms with Crippen molar-refractivity contribution in [2.75, 3.05) is 12.4 Å². The summed E-state index contributed by atoms with van der Waals surface area (Å²) in [4.78, 5) is 54.0. The number of aromatic amines is 1. The fraction of sp³-hybridized carbons (Fsp3) is 0.571. The molecule has 17 nitrogen and oxygen atoms in total. The van der Waals surface area contributed by atoms with Crippen LogP contribution in [0.5, 0.6) is 0 Å². The molecule has 1 fully saturated rings. The summed E-state index contributed by atoms with van der Waals surface area (Å²) in [7, 11) is -17.5. The number of nitrogens with one attached hydrogen (secondary N) is 1. The number of anilines is 1. The number of H-pyrrole nitrogens is 1. The van der Waals surface area contributed by atoms with Gasteiger partial charge in [-0.15, -0.1) is 0 Å². The number of alkyl halides is 2. The zero-order valence-corrected chi connectivity index (χ0v) is 21.1. The first-order chi connectivity index (χ1) is 16.6. The van der Waals surface area contributed by atoms with Crippen LogP contribution in [0.4, 0.5) is 19.1 Å². The number of aliphatic hydroxyl groups is 1. The Balaban J connectivity index is 1.98. The molecule has 0 radical (unpaired) electrons. The summed E-state index contributed by atoms with van der Waals surface area (Å²) in [5.41, 5.74) is -2.08. The van der Waals surface area contributed by atoms with E-state index >= 15 is 4.39 Å². The molecule has 2 aromatic rings. The van der Waals surface area contributed by atoms with E-state index in [0.29, 0.717) is 10.8 Å². The number of ether oxygens (including phenoxy) is 1. The molecule has 1 aliphatic rings. The third kappa shape index (κ3) is 6.00. The molecule has 1 aliphatic heterocycles. The van der Waals surface area contributed by atoms with Gasteiger partial charge in [0.2, 0.25) is 11.6 Å². The SMILES string of the molecule is CC(C)(OP(=O)(O)OP(=O)(O)OP(=O)(O)O)[C@H]1O[C@@H](n2cc(F)c3c(=O)[nH]c(N)nc32)C(F)(CF)[C@H]1O. The molecule has 3 rings (SSSR count). The largest absolute Gasteiger partial charge is 0.490 e. The molecule has 3 heterocycles. The first-order valence-electron chi connectivity index (χ1n) is 9.61. The number of phosphoric ester groups is 1. The summed E-state index contributed by atoms with van der Waals surface area (Å²) in [6.45, 7) is -0.272. The number of rotatable bonds is 9. The van der Waals surface area contributed by atoms with Gasteiger partial charge in [-0.05, 0) is 13.8 Å². The first kappa shape index (κ1) is 29.9.